The van der Waals surface area contributed by atoms with Gasteiger partial charge >= 0.3 is 11.7 Å². The SMILES string of the molecule is CCCCC(=O)N(Cc1ccc(-c2ccccc2-c2noc(=O)[nH]2)cc1)c1sccc1C(=O)O. The van der Waals surface area contributed by atoms with Crippen molar-refractivity contribution in [1.82, 2.24) is 10.1 Å². The number of carboxylic acid groups (broad SMARTS) is 1. The molecule has 0 bridgehead atoms. The molecule has 2 aromatic carbocycles. The van der Waals surface area contributed by atoms with Crippen LogP contribution >= 0.6 is 11.3 Å². The highest BCUT2D eigenvalue weighted by Crippen LogP contribution is 2.32. The average molecular weight is 478 g/mol. The molecule has 1 amide bonds. The number of nitrogens with zero attached hydrogens (tertiary/aromatic N) is 2. The molecule has 0 fully saturated rings. The highest BCUT2D eigenvalue weighted by Gasteiger charge is 2.23. The maximum Gasteiger partial charge on any atom is 0.439 e. The number of H-pyrrole nitrogens is 1. The number of aromatic carboxylic acids is 1. The summed E-state index contributed by atoms with van der Waals surface area (Å²) in [5.41, 5.74) is 3.48. The number of benzene rings is 2. The highest BCUT2D eigenvalue weighted by molar-refractivity contribution is 7.14. The topological polar surface area (TPSA) is 117 Å². The molecule has 0 aliphatic carbocycles. The van der Waals surface area contributed by atoms with Crippen molar-refractivity contribution >= 4 is 28.2 Å². The second-order valence-electron chi connectivity index (χ2n) is 7.71. The van der Waals surface area contributed by atoms with Gasteiger partial charge in [0, 0.05) is 12.0 Å². The molecule has 0 saturated heterocycles. The van der Waals surface area contributed by atoms with Crippen LogP contribution in [0.5, 0.6) is 0 Å². The first kappa shape index (κ1) is 23.2. The Morgan fingerprint density at radius 2 is 1.82 bits per heavy atom. The first-order valence-electron chi connectivity index (χ1n) is 10.8. The third kappa shape index (κ3) is 4.99. The Bertz CT molecular complexity index is 1350. The molecule has 174 valence electrons. The number of thiophene rings is 1. The maximum atomic E-state index is 13.0. The van der Waals surface area contributed by atoms with Gasteiger partial charge in [-0.2, -0.15) is 0 Å². The number of aromatic amines is 1. The molecule has 34 heavy (non-hydrogen) atoms. The number of nitrogens with one attached hydrogen (secondary N) is 1. The van der Waals surface area contributed by atoms with Crippen LogP contribution in [0.2, 0.25) is 0 Å². The van der Waals surface area contributed by atoms with Crippen LogP contribution < -0.4 is 10.7 Å². The van der Waals surface area contributed by atoms with Crippen LogP contribution in [-0.4, -0.2) is 27.1 Å². The van der Waals surface area contributed by atoms with E-state index in [9.17, 15) is 19.5 Å². The minimum absolute atomic E-state index is 0.101. The number of hydrogen-bond donors (Lipinski definition) is 2. The molecule has 9 heteroatoms. The summed E-state index contributed by atoms with van der Waals surface area (Å²) in [6.45, 7) is 2.28. The van der Waals surface area contributed by atoms with Gasteiger partial charge in [-0.15, -0.1) is 11.3 Å². The molecular formula is C25H23N3O5S. The second-order valence-corrected chi connectivity index (χ2v) is 8.61. The number of carbonyl (C=O) groups is 2. The van der Waals surface area contributed by atoms with E-state index >= 15 is 0 Å². The Kier molecular flexibility index (Phi) is 7.03. The summed E-state index contributed by atoms with van der Waals surface area (Å²) in [5, 5.41) is 15.5. The van der Waals surface area contributed by atoms with E-state index in [4.69, 9.17) is 0 Å². The van der Waals surface area contributed by atoms with Gasteiger partial charge in [0.15, 0.2) is 5.82 Å². The Hall–Kier alpha value is -3.98. The number of aromatic nitrogens is 2. The molecular weight excluding hydrogens is 454 g/mol. The molecule has 0 spiro atoms. The van der Waals surface area contributed by atoms with Gasteiger partial charge in [0.25, 0.3) is 0 Å². The number of hydrogen-bond acceptors (Lipinski definition) is 6. The van der Waals surface area contributed by atoms with Gasteiger partial charge in [0.1, 0.15) is 5.00 Å². The zero-order valence-corrected chi connectivity index (χ0v) is 19.3. The van der Waals surface area contributed by atoms with Crippen molar-refractivity contribution in [2.75, 3.05) is 4.90 Å². The number of unbranched alkanes of at least 4 members (excludes halogenated alkanes) is 1. The Morgan fingerprint density at radius 3 is 2.47 bits per heavy atom. The largest absolute Gasteiger partial charge is 0.478 e. The molecule has 8 nitrogen and oxygen atoms in total. The molecule has 0 radical (unpaired) electrons. The van der Waals surface area contributed by atoms with Gasteiger partial charge in [-0.1, -0.05) is 67.0 Å². The molecule has 2 heterocycles. The summed E-state index contributed by atoms with van der Waals surface area (Å²) >= 11 is 1.25. The van der Waals surface area contributed by atoms with Crippen molar-refractivity contribution in [2.45, 2.75) is 32.7 Å². The van der Waals surface area contributed by atoms with Crippen LogP contribution in [0.15, 0.2) is 69.3 Å². The van der Waals surface area contributed by atoms with Crippen LogP contribution in [0.4, 0.5) is 5.00 Å². The summed E-state index contributed by atoms with van der Waals surface area (Å²) in [6, 6.07) is 16.7. The molecule has 0 aliphatic rings. The smallest absolute Gasteiger partial charge is 0.439 e. The average Bonchev–Trinajstić information content (AvgIpc) is 3.51. The van der Waals surface area contributed by atoms with E-state index in [1.165, 1.54) is 17.4 Å². The standard InChI is InChI=1S/C25H23N3O5S/c1-2-3-8-21(29)28(23-20(24(30)31)13-14-34-23)15-16-9-11-17(12-10-16)18-6-4-5-7-19(18)22-26-25(32)33-27-22/h4-7,9-14H,2-3,8,15H2,1H3,(H,30,31)(H,26,27,32). The molecule has 4 rings (SSSR count). The summed E-state index contributed by atoms with van der Waals surface area (Å²) in [5.74, 6) is -1.43. The fraction of sp³-hybridized carbons (Fsp3) is 0.200. The Labute approximate surface area is 199 Å². The zero-order chi connectivity index (χ0) is 24.1. The van der Waals surface area contributed by atoms with Crippen LogP contribution in [0.3, 0.4) is 0 Å². The Balaban J connectivity index is 1.63. The monoisotopic (exact) mass is 477 g/mol. The summed E-state index contributed by atoms with van der Waals surface area (Å²) < 4.78 is 4.65. The number of anilines is 1. The minimum atomic E-state index is -1.05. The lowest BCUT2D eigenvalue weighted by Crippen LogP contribution is -2.30. The first-order chi connectivity index (χ1) is 16.5. The van der Waals surface area contributed by atoms with Crippen molar-refractivity contribution in [3.8, 4) is 22.5 Å². The lowest BCUT2D eigenvalue weighted by molar-refractivity contribution is -0.118. The number of amides is 1. The lowest BCUT2D eigenvalue weighted by atomic mass is 9.98. The molecule has 0 atom stereocenters. The molecule has 4 aromatic rings. The third-order valence-electron chi connectivity index (χ3n) is 5.39. The van der Waals surface area contributed by atoms with Gasteiger partial charge in [0.05, 0.1) is 12.1 Å². The predicted octanol–water partition coefficient (Wildman–Crippen LogP) is 5.18. The summed E-state index contributed by atoms with van der Waals surface area (Å²) in [6.07, 6.45) is 1.97. The van der Waals surface area contributed by atoms with Crippen LogP contribution in [-0.2, 0) is 11.3 Å². The van der Waals surface area contributed by atoms with Gasteiger partial charge in [-0.25, -0.2) is 9.59 Å². The first-order valence-corrected chi connectivity index (χ1v) is 11.7. The van der Waals surface area contributed by atoms with Gasteiger partial charge in [-0.05, 0) is 34.6 Å². The van der Waals surface area contributed by atoms with Crippen molar-refractivity contribution in [2.24, 2.45) is 0 Å². The van der Waals surface area contributed by atoms with E-state index < -0.39 is 11.7 Å². The van der Waals surface area contributed by atoms with E-state index in [0.29, 0.717) is 17.2 Å². The van der Waals surface area contributed by atoms with Gasteiger partial charge in [-0.3, -0.25) is 19.2 Å². The molecule has 0 unspecified atom stereocenters. The van der Waals surface area contributed by atoms with E-state index in [0.717, 1.165) is 35.1 Å². The Morgan fingerprint density at radius 1 is 1.09 bits per heavy atom. The van der Waals surface area contributed by atoms with Gasteiger partial charge in [0.2, 0.25) is 5.91 Å². The zero-order valence-electron chi connectivity index (χ0n) is 18.5. The van der Waals surface area contributed by atoms with Crippen LogP contribution in [0, 0.1) is 0 Å². The number of rotatable bonds is 9. The van der Waals surface area contributed by atoms with Gasteiger partial charge < -0.3 is 5.11 Å². The van der Waals surface area contributed by atoms with Crippen molar-refractivity contribution in [3.05, 3.63) is 81.7 Å². The summed E-state index contributed by atoms with van der Waals surface area (Å²) in [4.78, 5) is 40.2. The quantitative estimate of drug-likeness (QED) is 0.343. The predicted molar refractivity (Wildman–Crippen MR) is 130 cm³/mol. The molecule has 0 aliphatic heterocycles. The summed E-state index contributed by atoms with van der Waals surface area (Å²) in [7, 11) is 0. The third-order valence-corrected chi connectivity index (χ3v) is 6.33. The normalized spacial score (nSPS) is 10.9. The lowest BCUT2D eigenvalue weighted by Gasteiger charge is -2.22. The van der Waals surface area contributed by atoms with Crippen LogP contribution in [0.1, 0.15) is 42.1 Å². The maximum absolute atomic E-state index is 13.0. The minimum Gasteiger partial charge on any atom is -0.478 e. The molecule has 2 aromatic heterocycles. The van der Waals surface area contributed by atoms with E-state index in [1.807, 2.05) is 55.5 Å². The molecule has 0 saturated carbocycles. The number of carboxylic acids is 1. The van der Waals surface area contributed by atoms with E-state index in [2.05, 4.69) is 14.7 Å². The fourth-order valence-corrected chi connectivity index (χ4v) is 4.58. The van der Waals surface area contributed by atoms with Crippen molar-refractivity contribution in [1.29, 1.82) is 0 Å². The highest BCUT2D eigenvalue weighted by atomic mass is 32.1. The van der Waals surface area contributed by atoms with Crippen LogP contribution in [0.25, 0.3) is 22.5 Å². The van der Waals surface area contributed by atoms with E-state index in [-0.39, 0.29) is 18.0 Å². The second kappa shape index (κ2) is 10.3. The van der Waals surface area contributed by atoms with Crippen molar-refractivity contribution < 1.29 is 19.2 Å². The van der Waals surface area contributed by atoms with E-state index in [1.54, 1.807) is 10.3 Å². The fourth-order valence-electron chi connectivity index (χ4n) is 3.67. The number of carbonyl (C=O) groups excluding carboxylic acids is 1. The molecule has 2 N–H and O–H groups in total. The van der Waals surface area contributed by atoms with Crippen molar-refractivity contribution in [3.63, 3.8) is 0 Å².